The molecule has 0 radical (unpaired) electrons. The van der Waals surface area contributed by atoms with Crippen LogP contribution in [-0.4, -0.2) is 34.5 Å². The van der Waals surface area contributed by atoms with Crippen molar-refractivity contribution in [2.75, 3.05) is 18.0 Å². The quantitative estimate of drug-likeness (QED) is 0.909. The van der Waals surface area contributed by atoms with E-state index >= 15 is 0 Å². The van der Waals surface area contributed by atoms with E-state index in [1.54, 1.807) is 6.07 Å². The Hall–Kier alpha value is -1.65. The molecule has 1 fully saturated rings. The van der Waals surface area contributed by atoms with Crippen LogP contribution in [0.3, 0.4) is 0 Å². The summed E-state index contributed by atoms with van der Waals surface area (Å²) in [6.07, 6.45) is 2.40. The monoisotopic (exact) mass is 290 g/mol. The van der Waals surface area contributed by atoms with Crippen LogP contribution in [0.4, 0.5) is 5.95 Å². The van der Waals surface area contributed by atoms with Crippen molar-refractivity contribution in [1.82, 2.24) is 15.3 Å². The van der Waals surface area contributed by atoms with Crippen molar-refractivity contribution >= 4 is 11.9 Å². The summed E-state index contributed by atoms with van der Waals surface area (Å²) in [5, 5.41) is 2.95. The second kappa shape index (κ2) is 6.00. The van der Waals surface area contributed by atoms with E-state index in [0.29, 0.717) is 17.6 Å². The summed E-state index contributed by atoms with van der Waals surface area (Å²) in [6, 6.07) is 1.75. The molecule has 0 aliphatic carbocycles. The lowest BCUT2D eigenvalue weighted by Gasteiger charge is -2.31. The first-order chi connectivity index (χ1) is 9.74. The number of carbonyl (C=O) groups is 1. The molecule has 5 heteroatoms. The number of aromatic nitrogens is 2. The lowest BCUT2D eigenvalue weighted by Crippen LogP contribution is -2.41. The first-order valence-corrected chi connectivity index (χ1v) is 7.68. The summed E-state index contributed by atoms with van der Waals surface area (Å²) < 4.78 is 0. The third-order valence-electron chi connectivity index (χ3n) is 3.50. The zero-order valence-corrected chi connectivity index (χ0v) is 13.7. The SMILES string of the molecule is Cc1cc(C(=O)NC(C)(C)C)nc(N2CCCC(C)C2)n1. The third kappa shape index (κ3) is 4.41. The normalized spacial score (nSPS) is 19.5. The average molecular weight is 290 g/mol. The summed E-state index contributed by atoms with van der Waals surface area (Å²) in [5.41, 5.74) is 1.01. The average Bonchev–Trinajstić information content (AvgIpc) is 2.36. The van der Waals surface area contributed by atoms with Gasteiger partial charge in [0.25, 0.3) is 5.91 Å². The molecule has 1 aromatic heterocycles. The van der Waals surface area contributed by atoms with Gasteiger partial charge >= 0.3 is 0 Å². The minimum absolute atomic E-state index is 0.140. The van der Waals surface area contributed by atoms with Crippen LogP contribution in [0.15, 0.2) is 6.07 Å². The number of amides is 1. The zero-order chi connectivity index (χ0) is 15.6. The Morgan fingerprint density at radius 3 is 2.71 bits per heavy atom. The molecule has 1 aliphatic rings. The van der Waals surface area contributed by atoms with Crippen molar-refractivity contribution in [2.45, 2.75) is 53.0 Å². The van der Waals surface area contributed by atoms with Gasteiger partial charge in [-0.3, -0.25) is 4.79 Å². The molecule has 2 heterocycles. The van der Waals surface area contributed by atoms with Crippen LogP contribution in [0.5, 0.6) is 0 Å². The highest BCUT2D eigenvalue weighted by molar-refractivity contribution is 5.93. The minimum atomic E-state index is -0.268. The number of nitrogens with one attached hydrogen (secondary N) is 1. The number of piperidine rings is 1. The van der Waals surface area contributed by atoms with Crippen LogP contribution in [0.1, 0.15) is 56.7 Å². The van der Waals surface area contributed by atoms with Gasteiger partial charge in [-0.25, -0.2) is 9.97 Å². The summed E-state index contributed by atoms with van der Waals surface area (Å²) >= 11 is 0. The molecule has 116 valence electrons. The Bertz CT molecular complexity index is 521. The van der Waals surface area contributed by atoms with Crippen molar-refractivity contribution in [3.63, 3.8) is 0 Å². The largest absolute Gasteiger partial charge is 0.346 e. The maximum absolute atomic E-state index is 12.3. The number of nitrogens with zero attached hydrogens (tertiary/aromatic N) is 3. The zero-order valence-electron chi connectivity index (χ0n) is 13.7. The lowest BCUT2D eigenvalue weighted by atomic mass is 10.0. The molecule has 5 nitrogen and oxygen atoms in total. The van der Waals surface area contributed by atoms with Crippen LogP contribution in [0.2, 0.25) is 0 Å². The molecule has 1 N–H and O–H groups in total. The van der Waals surface area contributed by atoms with Gasteiger partial charge in [0.15, 0.2) is 0 Å². The third-order valence-corrected chi connectivity index (χ3v) is 3.50. The molecule has 0 bridgehead atoms. The Kier molecular flexibility index (Phi) is 4.49. The van der Waals surface area contributed by atoms with Crippen LogP contribution < -0.4 is 10.2 Å². The highest BCUT2D eigenvalue weighted by Gasteiger charge is 2.22. The van der Waals surface area contributed by atoms with Crippen LogP contribution >= 0.6 is 0 Å². The molecule has 1 aliphatic heterocycles. The predicted octanol–water partition coefficient (Wildman–Crippen LogP) is 2.55. The molecule has 1 amide bonds. The number of hydrogen-bond donors (Lipinski definition) is 1. The van der Waals surface area contributed by atoms with Gasteiger partial charge in [0, 0.05) is 24.3 Å². The highest BCUT2D eigenvalue weighted by Crippen LogP contribution is 2.20. The van der Waals surface area contributed by atoms with E-state index in [2.05, 4.69) is 27.1 Å². The van der Waals surface area contributed by atoms with Gasteiger partial charge in [0.1, 0.15) is 5.69 Å². The fourth-order valence-electron chi connectivity index (χ4n) is 2.59. The smallest absolute Gasteiger partial charge is 0.270 e. The van der Waals surface area contributed by atoms with Crippen LogP contribution in [0, 0.1) is 12.8 Å². The van der Waals surface area contributed by atoms with Gasteiger partial charge in [0.05, 0.1) is 0 Å². The van der Waals surface area contributed by atoms with E-state index in [0.717, 1.165) is 25.2 Å². The topological polar surface area (TPSA) is 58.1 Å². The minimum Gasteiger partial charge on any atom is -0.346 e. The second-order valence-electron chi connectivity index (χ2n) is 7.09. The van der Waals surface area contributed by atoms with Crippen molar-refractivity contribution in [1.29, 1.82) is 0 Å². The van der Waals surface area contributed by atoms with Gasteiger partial charge in [-0.15, -0.1) is 0 Å². The lowest BCUT2D eigenvalue weighted by molar-refractivity contribution is 0.0914. The second-order valence-corrected chi connectivity index (χ2v) is 7.09. The fraction of sp³-hybridized carbons (Fsp3) is 0.688. The molecule has 0 spiro atoms. The molecule has 0 aromatic carbocycles. The Morgan fingerprint density at radius 1 is 1.38 bits per heavy atom. The number of rotatable bonds is 2. The molecule has 2 rings (SSSR count). The molecule has 1 aromatic rings. The van der Waals surface area contributed by atoms with E-state index in [9.17, 15) is 4.79 Å². The van der Waals surface area contributed by atoms with E-state index in [1.807, 2.05) is 27.7 Å². The van der Waals surface area contributed by atoms with E-state index < -0.39 is 0 Å². The molecule has 0 saturated carbocycles. The van der Waals surface area contributed by atoms with E-state index in [-0.39, 0.29) is 11.4 Å². The highest BCUT2D eigenvalue weighted by atomic mass is 16.2. The predicted molar refractivity (Wildman–Crippen MR) is 84.6 cm³/mol. The van der Waals surface area contributed by atoms with Crippen molar-refractivity contribution in [3.8, 4) is 0 Å². The Morgan fingerprint density at radius 2 is 2.10 bits per heavy atom. The standard InChI is InChI=1S/C16H26N4O/c1-11-7-6-8-20(10-11)15-17-12(2)9-13(18-15)14(21)19-16(3,4)5/h9,11H,6-8,10H2,1-5H3,(H,19,21). The first kappa shape index (κ1) is 15.7. The molecular weight excluding hydrogens is 264 g/mol. The summed E-state index contributed by atoms with van der Waals surface area (Å²) in [4.78, 5) is 23.5. The summed E-state index contributed by atoms with van der Waals surface area (Å²) in [6.45, 7) is 12.0. The van der Waals surface area contributed by atoms with Crippen molar-refractivity contribution in [3.05, 3.63) is 17.5 Å². The van der Waals surface area contributed by atoms with Crippen LogP contribution in [-0.2, 0) is 0 Å². The van der Waals surface area contributed by atoms with Crippen molar-refractivity contribution in [2.24, 2.45) is 5.92 Å². The molecule has 21 heavy (non-hydrogen) atoms. The van der Waals surface area contributed by atoms with Crippen LogP contribution in [0.25, 0.3) is 0 Å². The van der Waals surface area contributed by atoms with Gasteiger partial charge in [-0.2, -0.15) is 0 Å². The van der Waals surface area contributed by atoms with E-state index in [1.165, 1.54) is 6.42 Å². The number of anilines is 1. The van der Waals surface area contributed by atoms with Crippen molar-refractivity contribution < 1.29 is 4.79 Å². The molecular formula is C16H26N4O. The van der Waals surface area contributed by atoms with Gasteiger partial charge < -0.3 is 10.2 Å². The summed E-state index contributed by atoms with van der Waals surface area (Å²) in [7, 11) is 0. The van der Waals surface area contributed by atoms with Gasteiger partial charge in [-0.05, 0) is 52.5 Å². The Labute approximate surface area is 127 Å². The number of aryl methyl sites for hydroxylation is 1. The fourth-order valence-corrected chi connectivity index (χ4v) is 2.59. The van der Waals surface area contributed by atoms with E-state index in [4.69, 9.17) is 0 Å². The maximum atomic E-state index is 12.3. The number of hydrogen-bond acceptors (Lipinski definition) is 4. The maximum Gasteiger partial charge on any atom is 0.270 e. The molecule has 1 atom stereocenters. The summed E-state index contributed by atoms with van der Waals surface area (Å²) in [5.74, 6) is 1.19. The van der Waals surface area contributed by atoms with Gasteiger partial charge in [-0.1, -0.05) is 6.92 Å². The first-order valence-electron chi connectivity index (χ1n) is 7.68. The molecule has 1 unspecified atom stereocenters. The van der Waals surface area contributed by atoms with Gasteiger partial charge in [0.2, 0.25) is 5.95 Å². The Balaban J connectivity index is 2.22. The number of carbonyl (C=O) groups excluding carboxylic acids is 1. The molecule has 1 saturated heterocycles.